The van der Waals surface area contributed by atoms with Crippen LogP contribution in [0.3, 0.4) is 0 Å². The van der Waals surface area contributed by atoms with E-state index in [1.54, 1.807) is 0 Å². The quantitative estimate of drug-likeness (QED) is 0.884. The second-order valence-corrected chi connectivity index (χ2v) is 4.18. The molecule has 0 aliphatic rings. The summed E-state index contributed by atoms with van der Waals surface area (Å²) in [5.74, 6) is 0.860. The van der Waals surface area contributed by atoms with Crippen LogP contribution in [0.1, 0.15) is 6.92 Å². The summed E-state index contributed by atoms with van der Waals surface area (Å²) in [5.41, 5.74) is 0.863. The maximum Gasteiger partial charge on any atom is 0.227 e. The van der Waals surface area contributed by atoms with E-state index in [2.05, 4.69) is 20.3 Å². The normalized spacial score (nSPS) is 12.2. The molecule has 2 rings (SSSR count). The standard InChI is InChI=1S/C12H13ClN4O/c1-8(7-18)14-12-16-10(15-11(13)17-12)9-5-3-2-4-6-9/h2-6,8,18H,7H2,1H3,(H,14,15,16,17). The highest BCUT2D eigenvalue weighted by atomic mass is 35.5. The smallest absolute Gasteiger partial charge is 0.227 e. The summed E-state index contributed by atoms with van der Waals surface area (Å²) in [6.45, 7) is 1.81. The molecule has 1 atom stereocenters. The zero-order valence-corrected chi connectivity index (χ0v) is 10.6. The van der Waals surface area contributed by atoms with Gasteiger partial charge in [-0.1, -0.05) is 30.3 Å². The largest absolute Gasteiger partial charge is 0.394 e. The number of aliphatic hydroxyl groups excluding tert-OH is 1. The van der Waals surface area contributed by atoms with Gasteiger partial charge in [0.15, 0.2) is 5.82 Å². The van der Waals surface area contributed by atoms with Crippen molar-refractivity contribution in [2.45, 2.75) is 13.0 Å². The minimum atomic E-state index is -0.146. The Morgan fingerprint density at radius 2 is 1.94 bits per heavy atom. The first kappa shape index (κ1) is 12.7. The van der Waals surface area contributed by atoms with Gasteiger partial charge < -0.3 is 10.4 Å². The van der Waals surface area contributed by atoms with Gasteiger partial charge in [0.2, 0.25) is 11.2 Å². The number of halogens is 1. The minimum absolute atomic E-state index is 0.00995. The molecular weight excluding hydrogens is 252 g/mol. The van der Waals surface area contributed by atoms with E-state index in [4.69, 9.17) is 16.7 Å². The van der Waals surface area contributed by atoms with Crippen LogP contribution >= 0.6 is 11.6 Å². The van der Waals surface area contributed by atoms with E-state index in [1.807, 2.05) is 37.3 Å². The van der Waals surface area contributed by atoms with Gasteiger partial charge in [-0.05, 0) is 18.5 Å². The second kappa shape index (κ2) is 5.75. The number of benzene rings is 1. The molecule has 1 heterocycles. The lowest BCUT2D eigenvalue weighted by molar-refractivity contribution is 0.281. The van der Waals surface area contributed by atoms with Gasteiger partial charge in [0.25, 0.3) is 0 Å². The topological polar surface area (TPSA) is 70.9 Å². The van der Waals surface area contributed by atoms with Crippen LogP contribution in [-0.2, 0) is 0 Å². The van der Waals surface area contributed by atoms with E-state index < -0.39 is 0 Å². The number of nitrogens with zero attached hydrogens (tertiary/aromatic N) is 3. The number of rotatable bonds is 4. The number of anilines is 1. The van der Waals surface area contributed by atoms with Gasteiger partial charge in [0.1, 0.15) is 0 Å². The van der Waals surface area contributed by atoms with E-state index in [-0.39, 0.29) is 17.9 Å². The van der Waals surface area contributed by atoms with Gasteiger partial charge in [-0.2, -0.15) is 15.0 Å². The molecule has 0 fully saturated rings. The lowest BCUT2D eigenvalue weighted by Gasteiger charge is -2.11. The van der Waals surface area contributed by atoms with Crippen molar-refractivity contribution in [2.75, 3.05) is 11.9 Å². The monoisotopic (exact) mass is 264 g/mol. The minimum Gasteiger partial charge on any atom is -0.394 e. The molecule has 2 N–H and O–H groups in total. The molecule has 1 aromatic carbocycles. The van der Waals surface area contributed by atoms with Gasteiger partial charge in [0.05, 0.1) is 6.61 Å². The van der Waals surface area contributed by atoms with Crippen LogP contribution in [0.4, 0.5) is 5.95 Å². The Labute approximate surface area is 110 Å². The first-order chi connectivity index (χ1) is 8.69. The van der Waals surface area contributed by atoms with Crippen molar-refractivity contribution in [1.29, 1.82) is 0 Å². The fourth-order valence-electron chi connectivity index (χ4n) is 1.40. The van der Waals surface area contributed by atoms with Crippen molar-refractivity contribution in [2.24, 2.45) is 0 Å². The molecule has 0 aliphatic heterocycles. The molecule has 0 radical (unpaired) electrons. The van der Waals surface area contributed by atoms with Crippen LogP contribution in [0, 0.1) is 0 Å². The van der Waals surface area contributed by atoms with Gasteiger partial charge in [-0.25, -0.2) is 0 Å². The van der Waals surface area contributed by atoms with E-state index in [0.29, 0.717) is 11.8 Å². The van der Waals surface area contributed by atoms with Crippen LogP contribution in [-0.4, -0.2) is 32.7 Å². The average Bonchev–Trinajstić information content (AvgIpc) is 2.39. The Bertz CT molecular complexity index is 521. The molecule has 5 nitrogen and oxygen atoms in total. The number of hydrogen-bond acceptors (Lipinski definition) is 5. The summed E-state index contributed by atoms with van der Waals surface area (Å²) in [5, 5.41) is 12.1. The van der Waals surface area contributed by atoms with Gasteiger partial charge >= 0.3 is 0 Å². The highest BCUT2D eigenvalue weighted by Crippen LogP contribution is 2.17. The molecule has 0 aliphatic carbocycles. The van der Waals surface area contributed by atoms with Crippen LogP contribution in [0.5, 0.6) is 0 Å². The maximum atomic E-state index is 8.99. The Kier molecular flexibility index (Phi) is 4.07. The maximum absolute atomic E-state index is 8.99. The van der Waals surface area contributed by atoms with Gasteiger partial charge in [-0.15, -0.1) is 0 Å². The van der Waals surface area contributed by atoms with Crippen LogP contribution in [0.15, 0.2) is 30.3 Å². The first-order valence-corrected chi connectivity index (χ1v) is 5.91. The molecule has 0 amide bonds. The van der Waals surface area contributed by atoms with Crippen molar-refractivity contribution >= 4 is 17.5 Å². The predicted octanol–water partition coefficient (Wildman–Crippen LogP) is 1.98. The molecular formula is C12H13ClN4O. The predicted molar refractivity (Wildman–Crippen MR) is 70.4 cm³/mol. The summed E-state index contributed by atoms with van der Waals surface area (Å²) in [7, 11) is 0. The Hall–Kier alpha value is -1.72. The lowest BCUT2D eigenvalue weighted by Crippen LogP contribution is -2.21. The number of hydrogen-bond donors (Lipinski definition) is 2. The lowest BCUT2D eigenvalue weighted by atomic mass is 10.2. The first-order valence-electron chi connectivity index (χ1n) is 5.53. The summed E-state index contributed by atoms with van der Waals surface area (Å²) >= 11 is 5.86. The Morgan fingerprint density at radius 1 is 1.22 bits per heavy atom. The average molecular weight is 265 g/mol. The van der Waals surface area contributed by atoms with Crippen molar-refractivity contribution < 1.29 is 5.11 Å². The molecule has 0 bridgehead atoms. The fraction of sp³-hybridized carbons (Fsp3) is 0.250. The van der Waals surface area contributed by atoms with E-state index >= 15 is 0 Å². The molecule has 0 saturated carbocycles. The number of aliphatic hydroxyl groups is 1. The summed E-state index contributed by atoms with van der Waals surface area (Å²) in [6, 6.07) is 9.36. The molecule has 18 heavy (non-hydrogen) atoms. The summed E-state index contributed by atoms with van der Waals surface area (Å²) in [4.78, 5) is 12.3. The Morgan fingerprint density at radius 3 is 2.61 bits per heavy atom. The molecule has 1 aromatic heterocycles. The van der Waals surface area contributed by atoms with Gasteiger partial charge in [-0.3, -0.25) is 0 Å². The summed E-state index contributed by atoms with van der Waals surface area (Å²) < 4.78 is 0. The number of nitrogens with one attached hydrogen (secondary N) is 1. The van der Waals surface area contributed by atoms with Crippen molar-refractivity contribution in [3.05, 3.63) is 35.6 Å². The van der Waals surface area contributed by atoms with Crippen molar-refractivity contribution in [3.8, 4) is 11.4 Å². The molecule has 2 aromatic rings. The molecule has 94 valence electrons. The summed E-state index contributed by atoms with van der Waals surface area (Å²) in [6.07, 6.45) is 0. The third kappa shape index (κ3) is 3.15. The highest BCUT2D eigenvalue weighted by molar-refractivity contribution is 6.28. The van der Waals surface area contributed by atoms with Crippen LogP contribution < -0.4 is 5.32 Å². The number of aromatic nitrogens is 3. The molecule has 6 heteroatoms. The second-order valence-electron chi connectivity index (χ2n) is 3.85. The highest BCUT2D eigenvalue weighted by Gasteiger charge is 2.08. The van der Waals surface area contributed by atoms with Crippen LogP contribution in [0.25, 0.3) is 11.4 Å². The van der Waals surface area contributed by atoms with E-state index in [9.17, 15) is 0 Å². The molecule has 0 saturated heterocycles. The van der Waals surface area contributed by atoms with E-state index in [0.717, 1.165) is 5.56 Å². The molecule has 1 unspecified atom stereocenters. The molecule has 0 spiro atoms. The SMILES string of the molecule is CC(CO)Nc1nc(Cl)nc(-c2ccccc2)n1. The van der Waals surface area contributed by atoms with E-state index in [1.165, 1.54) is 0 Å². The fourth-order valence-corrected chi connectivity index (χ4v) is 1.56. The van der Waals surface area contributed by atoms with Gasteiger partial charge in [0, 0.05) is 11.6 Å². The van der Waals surface area contributed by atoms with Crippen molar-refractivity contribution in [1.82, 2.24) is 15.0 Å². The zero-order valence-electron chi connectivity index (χ0n) is 9.84. The van der Waals surface area contributed by atoms with Crippen LogP contribution in [0.2, 0.25) is 5.28 Å². The van der Waals surface area contributed by atoms with Crippen molar-refractivity contribution in [3.63, 3.8) is 0 Å². The third-order valence-corrected chi connectivity index (χ3v) is 2.46. The zero-order chi connectivity index (χ0) is 13.0. The Balaban J connectivity index is 2.32. The third-order valence-electron chi connectivity index (χ3n) is 2.29.